The standard InChI is InChI=1S/C18H20ClFN2O5S/c1-26-16-5-3-4-6-17(16)27-10-9-21-18(23)12-22(28(2,24)25)13-7-8-15(20)14(19)11-13/h3-8,11H,9-10,12H2,1-2H3,(H,21,23). The first kappa shape index (κ1) is 21.8. The molecule has 0 bridgehead atoms. The smallest absolute Gasteiger partial charge is 0.240 e. The van der Waals surface area contributed by atoms with E-state index in [0.29, 0.717) is 11.5 Å². The fourth-order valence-corrected chi connectivity index (χ4v) is 3.34. The lowest BCUT2D eigenvalue weighted by molar-refractivity contribution is -0.119. The molecule has 0 atom stereocenters. The molecule has 7 nitrogen and oxygen atoms in total. The summed E-state index contributed by atoms with van der Waals surface area (Å²) in [5.41, 5.74) is 0.0920. The average molecular weight is 431 g/mol. The summed E-state index contributed by atoms with van der Waals surface area (Å²) >= 11 is 5.71. The highest BCUT2D eigenvalue weighted by Crippen LogP contribution is 2.26. The van der Waals surface area contributed by atoms with Crippen molar-refractivity contribution < 1.29 is 27.1 Å². The van der Waals surface area contributed by atoms with E-state index in [9.17, 15) is 17.6 Å². The third-order valence-electron chi connectivity index (χ3n) is 3.63. The molecule has 0 aliphatic heterocycles. The Kier molecular flexibility index (Phi) is 7.47. The van der Waals surface area contributed by atoms with E-state index >= 15 is 0 Å². The molecule has 28 heavy (non-hydrogen) atoms. The molecular formula is C18H20ClFN2O5S. The van der Waals surface area contributed by atoms with Crippen molar-refractivity contribution in [2.45, 2.75) is 0 Å². The predicted octanol–water partition coefficient (Wildman–Crippen LogP) is 2.45. The van der Waals surface area contributed by atoms with E-state index in [4.69, 9.17) is 21.1 Å². The molecule has 2 rings (SSSR count). The van der Waals surface area contributed by atoms with E-state index in [-0.39, 0.29) is 23.9 Å². The van der Waals surface area contributed by atoms with Gasteiger partial charge in [-0.2, -0.15) is 0 Å². The number of nitrogens with zero attached hydrogens (tertiary/aromatic N) is 1. The number of ether oxygens (including phenoxy) is 2. The summed E-state index contributed by atoms with van der Waals surface area (Å²) in [6.45, 7) is -0.165. The molecule has 0 saturated carbocycles. The molecule has 0 unspecified atom stereocenters. The maximum atomic E-state index is 13.3. The molecule has 1 N–H and O–H groups in total. The van der Waals surface area contributed by atoms with Crippen LogP contribution in [0.1, 0.15) is 0 Å². The van der Waals surface area contributed by atoms with Crippen molar-refractivity contribution >= 4 is 33.2 Å². The second-order valence-electron chi connectivity index (χ2n) is 5.72. The van der Waals surface area contributed by atoms with Crippen molar-refractivity contribution in [2.24, 2.45) is 0 Å². The number of halogens is 2. The van der Waals surface area contributed by atoms with Crippen LogP contribution in [-0.4, -0.2) is 47.4 Å². The predicted molar refractivity (Wildman–Crippen MR) is 105 cm³/mol. The van der Waals surface area contributed by atoms with Gasteiger partial charge >= 0.3 is 0 Å². The molecule has 0 aromatic heterocycles. The van der Waals surface area contributed by atoms with Gasteiger partial charge < -0.3 is 14.8 Å². The molecular weight excluding hydrogens is 411 g/mol. The van der Waals surface area contributed by atoms with Crippen molar-refractivity contribution in [1.29, 1.82) is 0 Å². The number of anilines is 1. The molecule has 0 radical (unpaired) electrons. The van der Waals surface area contributed by atoms with Gasteiger partial charge in [0, 0.05) is 0 Å². The number of amides is 1. The number of nitrogens with one attached hydrogen (secondary N) is 1. The Balaban J connectivity index is 1.94. The van der Waals surface area contributed by atoms with E-state index < -0.39 is 28.3 Å². The van der Waals surface area contributed by atoms with Crippen LogP contribution in [0.2, 0.25) is 5.02 Å². The molecule has 2 aromatic rings. The SMILES string of the molecule is COc1ccccc1OCCNC(=O)CN(c1ccc(F)c(Cl)c1)S(C)(=O)=O. The zero-order valence-electron chi connectivity index (χ0n) is 15.3. The Hall–Kier alpha value is -2.52. The number of benzene rings is 2. The molecule has 0 aliphatic carbocycles. The van der Waals surface area contributed by atoms with Gasteiger partial charge in [0.25, 0.3) is 0 Å². The van der Waals surface area contributed by atoms with Crippen LogP contribution in [0.15, 0.2) is 42.5 Å². The number of sulfonamides is 1. The summed E-state index contributed by atoms with van der Waals surface area (Å²) < 4.78 is 48.9. The largest absolute Gasteiger partial charge is 0.493 e. The number of hydrogen-bond donors (Lipinski definition) is 1. The third-order valence-corrected chi connectivity index (χ3v) is 5.06. The fourth-order valence-electron chi connectivity index (χ4n) is 2.32. The van der Waals surface area contributed by atoms with Crippen LogP contribution in [-0.2, 0) is 14.8 Å². The Morgan fingerprint density at radius 2 is 1.89 bits per heavy atom. The Morgan fingerprint density at radius 3 is 2.50 bits per heavy atom. The van der Waals surface area contributed by atoms with Crippen molar-refractivity contribution in [2.75, 3.05) is 37.4 Å². The van der Waals surface area contributed by atoms with Crippen molar-refractivity contribution in [3.63, 3.8) is 0 Å². The first-order chi connectivity index (χ1) is 13.2. The van der Waals surface area contributed by atoms with Gasteiger partial charge in [-0.3, -0.25) is 9.10 Å². The minimum Gasteiger partial charge on any atom is -0.493 e. The molecule has 0 saturated heterocycles. The van der Waals surface area contributed by atoms with Crippen LogP contribution in [0, 0.1) is 5.82 Å². The summed E-state index contributed by atoms with van der Waals surface area (Å²) in [6, 6.07) is 10.5. The van der Waals surface area contributed by atoms with Crippen LogP contribution < -0.4 is 19.1 Å². The van der Waals surface area contributed by atoms with Gasteiger partial charge in [0.05, 0.1) is 30.6 Å². The summed E-state index contributed by atoms with van der Waals surface area (Å²) in [5.74, 6) is -0.144. The van der Waals surface area contributed by atoms with Gasteiger partial charge in [-0.1, -0.05) is 23.7 Å². The Labute approximate surface area is 168 Å². The maximum absolute atomic E-state index is 13.3. The minimum atomic E-state index is -3.78. The zero-order chi connectivity index (χ0) is 20.7. The number of carbonyl (C=O) groups excluding carboxylic acids is 1. The fraction of sp³-hybridized carbons (Fsp3) is 0.278. The van der Waals surface area contributed by atoms with Crippen LogP contribution in [0.4, 0.5) is 10.1 Å². The van der Waals surface area contributed by atoms with Gasteiger partial charge in [-0.15, -0.1) is 0 Å². The van der Waals surface area contributed by atoms with Crippen LogP contribution in [0.25, 0.3) is 0 Å². The Morgan fingerprint density at radius 1 is 1.21 bits per heavy atom. The number of methoxy groups -OCH3 is 1. The quantitative estimate of drug-likeness (QED) is 0.618. The minimum absolute atomic E-state index is 0.0920. The highest BCUT2D eigenvalue weighted by Gasteiger charge is 2.21. The van der Waals surface area contributed by atoms with Crippen molar-refractivity contribution in [1.82, 2.24) is 5.32 Å². The number of carbonyl (C=O) groups is 1. The molecule has 0 fully saturated rings. The van der Waals surface area contributed by atoms with E-state index in [2.05, 4.69) is 5.32 Å². The van der Waals surface area contributed by atoms with Gasteiger partial charge in [-0.25, -0.2) is 12.8 Å². The van der Waals surface area contributed by atoms with E-state index in [1.54, 1.807) is 24.3 Å². The summed E-state index contributed by atoms with van der Waals surface area (Å²) in [4.78, 5) is 12.2. The van der Waals surface area contributed by atoms with Crippen LogP contribution in [0.3, 0.4) is 0 Å². The van der Waals surface area contributed by atoms with Gasteiger partial charge in [0.2, 0.25) is 15.9 Å². The summed E-state index contributed by atoms with van der Waals surface area (Å²) in [6.07, 6.45) is 0.947. The lowest BCUT2D eigenvalue weighted by Gasteiger charge is -2.22. The number of para-hydroxylation sites is 2. The first-order valence-corrected chi connectivity index (χ1v) is 10.4. The van der Waals surface area contributed by atoms with Crippen molar-refractivity contribution in [3.05, 3.63) is 53.3 Å². The first-order valence-electron chi connectivity index (χ1n) is 8.17. The molecule has 0 spiro atoms. The van der Waals surface area contributed by atoms with E-state index in [0.717, 1.165) is 22.7 Å². The third kappa shape index (κ3) is 6.00. The topological polar surface area (TPSA) is 84.9 Å². The highest BCUT2D eigenvalue weighted by molar-refractivity contribution is 7.92. The molecule has 10 heteroatoms. The molecule has 0 aliphatic rings. The summed E-state index contributed by atoms with van der Waals surface area (Å²) in [5, 5.41) is 2.33. The number of hydrogen-bond acceptors (Lipinski definition) is 5. The monoisotopic (exact) mass is 430 g/mol. The Bertz CT molecular complexity index is 939. The maximum Gasteiger partial charge on any atom is 0.240 e. The number of rotatable bonds is 9. The molecule has 0 heterocycles. The van der Waals surface area contributed by atoms with E-state index in [1.807, 2.05) is 0 Å². The summed E-state index contributed by atoms with van der Waals surface area (Å²) in [7, 11) is -2.26. The second-order valence-corrected chi connectivity index (χ2v) is 8.03. The van der Waals surface area contributed by atoms with E-state index in [1.165, 1.54) is 13.2 Å². The highest BCUT2D eigenvalue weighted by atomic mass is 35.5. The van der Waals surface area contributed by atoms with Crippen LogP contribution in [0.5, 0.6) is 11.5 Å². The van der Waals surface area contributed by atoms with Gasteiger partial charge in [-0.05, 0) is 30.3 Å². The lowest BCUT2D eigenvalue weighted by atomic mass is 10.3. The lowest BCUT2D eigenvalue weighted by Crippen LogP contribution is -2.41. The van der Waals surface area contributed by atoms with Crippen LogP contribution >= 0.6 is 11.6 Å². The van der Waals surface area contributed by atoms with Gasteiger partial charge in [0.1, 0.15) is 19.0 Å². The molecule has 2 aromatic carbocycles. The average Bonchev–Trinajstić information content (AvgIpc) is 2.65. The molecule has 152 valence electrons. The normalized spacial score (nSPS) is 11.0. The van der Waals surface area contributed by atoms with Gasteiger partial charge in [0.15, 0.2) is 11.5 Å². The second kappa shape index (κ2) is 9.61. The molecule has 1 amide bonds. The zero-order valence-corrected chi connectivity index (χ0v) is 16.9. The van der Waals surface area contributed by atoms with Crippen molar-refractivity contribution in [3.8, 4) is 11.5 Å².